The summed E-state index contributed by atoms with van der Waals surface area (Å²) in [6.07, 6.45) is 2.11. The standard InChI is InChI=1S/C11H14N2O2S/c1-2-8-16(14,15)13-7-6-9-4-3-5-10(12)11(9)13/h2-5H,1,6-8,12H2. The van der Waals surface area contributed by atoms with Crippen LogP contribution >= 0.6 is 0 Å². The van der Waals surface area contributed by atoms with E-state index in [1.54, 1.807) is 6.07 Å². The number of nitrogens with two attached hydrogens (primary N) is 1. The summed E-state index contributed by atoms with van der Waals surface area (Å²) in [5.41, 5.74) is 7.98. The fourth-order valence-electron chi connectivity index (χ4n) is 1.97. The van der Waals surface area contributed by atoms with Gasteiger partial charge in [-0.25, -0.2) is 8.42 Å². The smallest absolute Gasteiger partial charge is 0.238 e. The molecule has 0 aliphatic carbocycles. The van der Waals surface area contributed by atoms with Gasteiger partial charge in [-0.05, 0) is 18.1 Å². The second kappa shape index (κ2) is 3.83. The van der Waals surface area contributed by atoms with E-state index in [0.29, 0.717) is 17.9 Å². The van der Waals surface area contributed by atoms with Crippen LogP contribution in [0.1, 0.15) is 5.56 Å². The van der Waals surface area contributed by atoms with Crippen molar-refractivity contribution >= 4 is 21.4 Å². The minimum absolute atomic E-state index is 0.0548. The SMILES string of the molecule is C=CCS(=O)(=O)N1CCc2cccc(N)c21. The molecule has 1 aliphatic rings. The molecule has 1 heterocycles. The third-order valence-corrected chi connectivity index (χ3v) is 4.34. The molecule has 0 saturated carbocycles. The summed E-state index contributed by atoms with van der Waals surface area (Å²) in [6, 6.07) is 5.48. The summed E-state index contributed by atoms with van der Waals surface area (Å²) in [6.45, 7) is 3.93. The molecule has 2 N–H and O–H groups in total. The average molecular weight is 238 g/mol. The number of sulfonamides is 1. The number of benzene rings is 1. The van der Waals surface area contributed by atoms with Crippen molar-refractivity contribution < 1.29 is 8.42 Å². The first-order chi connectivity index (χ1) is 7.56. The Hall–Kier alpha value is -1.49. The van der Waals surface area contributed by atoms with Crippen molar-refractivity contribution in [2.45, 2.75) is 6.42 Å². The summed E-state index contributed by atoms with van der Waals surface area (Å²) in [7, 11) is -3.31. The first-order valence-corrected chi connectivity index (χ1v) is 6.66. The molecule has 86 valence electrons. The first kappa shape index (κ1) is 11.0. The Morgan fingerprint density at radius 3 is 2.94 bits per heavy atom. The quantitative estimate of drug-likeness (QED) is 0.634. The van der Waals surface area contributed by atoms with E-state index >= 15 is 0 Å². The van der Waals surface area contributed by atoms with Gasteiger partial charge in [0.15, 0.2) is 0 Å². The highest BCUT2D eigenvalue weighted by Gasteiger charge is 2.29. The second-order valence-electron chi connectivity index (χ2n) is 3.74. The predicted molar refractivity (Wildman–Crippen MR) is 65.9 cm³/mol. The Bertz CT molecular complexity index is 523. The molecule has 4 nitrogen and oxygen atoms in total. The Morgan fingerprint density at radius 2 is 2.25 bits per heavy atom. The van der Waals surface area contributed by atoms with Crippen molar-refractivity contribution in [3.05, 3.63) is 36.4 Å². The Morgan fingerprint density at radius 1 is 1.50 bits per heavy atom. The van der Waals surface area contributed by atoms with Gasteiger partial charge >= 0.3 is 0 Å². The van der Waals surface area contributed by atoms with Crippen LogP contribution in [0.5, 0.6) is 0 Å². The van der Waals surface area contributed by atoms with E-state index in [9.17, 15) is 8.42 Å². The van der Waals surface area contributed by atoms with Crippen LogP contribution in [-0.2, 0) is 16.4 Å². The minimum Gasteiger partial charge on any atom is -0.397 e. The molecule has 16 heavy (non-hydrogen) atoms. The van der Waals surface area contributed by atoms with E-state index in [-0.39, 0.29) is 5.75 Å². The van der Waals surface area contributed by atoms with Crippen LogP contribution in [0.2, 0.25) is 0 Å². The number of hydrogen-bond donors (Lipinski definition) is 1. The van der Waals surface area contributed by atoms with Gasteiger partial charge in [0.2, 0.25) is 10.0 Å². The summed E-state index contributed by atoms with van der Waals surface area (Å²) in [5.74, 6) is -0.0548. The van der Waals surface area contributed by atoms with Gasteiger partial charge in [0.1, 0.15) is 0 Å². The third-order valence-electron chi connectivity index (χ3n) is 2.65. The van der Waals surface area contributed by atoms with Gasteiger partial charge in [-0.15, -0.1) is 6.58 Å². The van der Waals surface area contributed by atoms with E-state index in [1.165, 1.54) is 10.4 Å². The fraction of sp³-hybridized carbons (Fsp3) is 0.273. The summed E-state index contributed by atoms with van der Waals surface area (Å²) in [4.78, 5) is 0. The van der Waals surface area contributed by atoms with Gasteiger partial charge < -0.3 is 5.73 Å². The Balaban J connectivity index is 2.48. The fourth-order valence-corrected chi connectivity index (χ4v) is 3.32. The van der Waals surface area contributed by atoms with Crippen LogP contribution in [0.4, 0.5) is 11.4 Å². The molecular weight excluding hydrogens is 224 g/mol. The van der Waals surface area contributed by atoms with E-state index in [2.05, 4.69) is 6.58 Å². The lowest BCUT2D eigenvalue weighted by Crippen LogP contribution is -2.31. The highest BCUT2D eigenvalue weighted by molar-refractivity contribution is 7.92. The van der Waals surface area contributed by atoms with Gasteiger partial charge in [0, 0.05) is 6.54 Å². The van der Waals surface area contributed by atoms with Crippen molar-refractivity contribution in [1.29, 1.82) is 0 Å². The van der Waals surface area contributed by atoms with Gasteiger partial charge in [-0.2, -0.15) is 0 Å². The van der Waals surface area contributed by atoms with Crippen molar-refractivity contribution in [3.8, 4) is 0 Å². The van der Waals surface area contributed by atoms with Crippen LogP contribution in [0, 0.1) is 0 Å². The molecule has 0 unspecified atom stereocenters. The molecule has 1 aromatic rings. The van der Waals surface area contributed by atoms with Crippen molar-refractivity contribution in [3.63, 3.8) is 0 Å². The molecule has 0 atom stereocenters. The molecule has 1 aliphatic heterocycles. The Labute approximate surface area is 95.4 Å². The molecule has 0 saturated heterocycles. The third kappa shape index (κ3) is 1.67. The van der Waals surface area contributed by atoms with E-state index in [4.69, 9.17) is 5.73 Å². The van der Waals surface area contributed by atoms with E-state index in [0.717, 1.165) is 12.0 Å². The largest absolute Gasteiger partial charge is 0.397 e. The van der Waals surface area contributed by atoms with Crippen LogP contribution in [0.15, 0.2) is 30.9 Å². The number of rotatable bonds is 3. The summed E-state index contributed by atoms with van der Waals surface area (Å²) >= 11 is 0. The van der Waals surface area contributed by atoms with Crippen molar-refractivity contribution in [2.75, 3.05) is 22.3 Å². The number of fused-ring (bicyclic) bond motifs is 1. The van der Waals surface area contributed by atoms with Crippen molar-refractivity contribution in [1.82, 2.24) is 0 Å². The maximum absolute atomic E-state index is 11.9. The molecule has 0 bridgehead atoms. The molecular formula is C11H14N2O2S. The monoisotopic (exact) mass is 238 g/mol. The van der Waals surface area contributed by atoms with Crippen LogP contribution in [0.25, 0.3) is 0 Å². The first-order valence-electron chi connectivity index (χ1n) is 5.05. The molecule has 5 heteroatoms. The zero-order chi connectivity index (χ0) is 11.8. The number of para-hydroxylation sites is 1. The van der Waals surface area contributed by atoms with Gasteiger partial charge in [0.25, 0.3) is 0 Å². The lowest BCUT2D eigenvalue weighted by molar-refractivity contribution is 0.595. The molecule has 0 aromatic heterocycles. The molecule has 0 amide bonds. The summed E-state index contributed by atoms with van der Waals surface area (Å²) < 4.78 is 25.3. The number of anilines is 2. The van der Waals surface area contributed by atoms with Gasteiger partial charge in [-0.1, -0.05) is 18.2 Å². The lowest BCUT2D eigenvalue weighted by Gasteiger charge is -2.19. The zero-order valence-electron chi connectivity index (χ0n) is 8.89. The number of nitrogens with zero attached hydrogens (tertiary/aromatic N) is 1. The maximum atomic E-state index is 11.9. The van der Waals surface area contributed by atoms with Gasteiger partial charge in [-0.3, -0.25) is 4.31 Å². The zero-order valence-corrected chi connectivity index (χ0v) is 9.70. The molecule has 0 fully saturated rings. The number of hydrogen-bond acceptors (Lipinski definition) is 3. The minimum atomic E-state index is -3.31. The Kier molecular flexibility index (Phi) is 2.63. The van der Waals surface area contributed by atoms with Crippen LogP contribution < -0.4 is 10.0 Å². The highest BCUT2D eigenvalue weighted by atomic mass is 32.2. The van der Waals surface area contributed by atoms with Crippen LogP contribution in [-0.4, -0.2) is 20.7 Å². The average Bonchev–Trinajstić information content (AvgIpc) is 2.63. The van der Waals surface area contributed by atoms with Crippen molar-refractivity contribution in [2.24, 2.45) is 0 Å². The van der Waals surface area contributed by atoms with E-state index < -0.39 is 10.0 Å². The van der Waals surface area contributed by atoms with E-state index in [1.807, 2.05) is 12.1 Å². The molecule has 0 radical (unpaired) electrons. The van der Waals surface area contributed by atoms with Gasteiger partial charge in [0.05, 0.1) is 17.1 Å². The molecule has 1 aromatic carbocycles. The summed E-state index contributed by atoms with van der Waals surface area (Å²) in [5, 5.41) is 0. The normalized spacial score (nSPS) is 14.9. The predicted octanol–water partition coefficient (Wildman–Crippen LogP) is 1.15. The highest BCUT2D eigenvalue weighted by Crippen LogP contribution is 2.35. The lowest BCUT2D eigenvalue weighted by atomic mass is 10.1. The molecule has 2 rings (SSSR count). The number of nitrogen functional groups attached to an aromatic ring is 1. The van der Waals surface area contributed by atoms with Crippen LogP contribution in [0.3, 0.4) is 0 Å². The second-order valence-corrected chi connectivity index (χ2v) is 5.68. The maximum Gasteiger partial charge on any atom is 0.238 e. The topological polar surface area (TPSA) is 63.4 Å². The molecule has 0 spiro atoms.